The van der Waals surface area contributed by atoms with Crippen molar-refractivity contribution in [2.45, 2.75) is 38.3 Å². The van der Waals surface area contributed by atoms with Gasteiger partial charge in [-0.15, -0.1) is 0 Å². The quantitative estimate of drug-likeness (QED) is 0.811. The van der Waals surface area contributed by atoms with E-state index in [2.05, 4.69) is 0 Å². The summed E-state index contributed by atoms with van der Waals surface area (Å²) in [6.07, 6.45) is -4.59. The molecule has 108 valence electrons. The third-order valence-electron chi connectivity index (χ3n) is 2.62. The summed E-state index contributed by atoms with van der Waals surface area (Å²) < 4.78 is 54.8. The molecule has 2 atom stereocenters. The zero-order valence-electron chi connectivity index (χ0n) is 10.7. The number of aryl methyl sites for hydroxylation is 1. The maximum Gasteiger partial charge on any atom is 0.330 e. The zero-order chi connectivity index (χ0) is 14.6. The standard InChI is InChI=1S/C13H17F4NO/c1-8-4-3-5-10(6-8)11(9(2)18)19-7-13(16,17)12(14)15/h3-6,9,11-12H,7,18H2,1-2H3. The first-order valence-corrected chi connectivity index (χ1v) is 5.84. The number of hydrogen-bond acceptors (Lipinski definition) is 2. The lowest BCUT2D eigenvalue weighted by molar-refractivity contribution is -0.178. The molecular formula is C13H17F4NO. The smallest absolute Gasteiger partial charge is 0.330 e. The minimum absolute atomic E-state index is 0.588. The van der Waals surface area contributed by atoms with E-state index in [1.165, 1.54) is 0 Å². The van der Waals surface area contributed by atoms with E-state index in [1.807, 2.05) is 13.0 Å². The Morgan fingerprint density at radius 2 is 1.95 bits per heavy atom. The van der Waals surface area contributed by atoms with Crippen LogP contribution < -0.4 is 5.73 Å². The molecule has 2 nitrogen and oxygen atoms in total. The van der Waals surface area contributed by atoms with Crippen molar-refractivity contribution >= 4 is 0 Å². The van der Waals surface area contributed by atoms with Gasteiger partial charge in [0.25, 0.3) is 0 Å². The molecule has 0 aliphatic carbocycles. The normalized spacial score (nSPS) is 15.6. The number of alkyl halides is 4. The summed E-state index contributed by atoms with van der Waals surface area (Å²) in [4.78, 5) is 0. The van der Waals surface area contributed by atoms with Crippen LogP contribution in [-0.2, 0) is 4.74 Å². The van der Waals surface area contributed by atoms with E-state index >= 15 is 0 Å². The lowest BCUT2D eigenvalue weighted by Crippen LogP contribution is -2.36. The maximum atomic E-state index is 12.8. The minimum Gasteiger partial charge on any atom is -0.365 e. The molecule has 0 heterocycles. The first kappa shape index (κ1) is 15.9. The van der Waals surface area contributed by atoms with Gasteiger partial charge in [0, 0.05) is 6.04 Å². The van der Waals surface area contributed by atoms with Crippen LogP contribution in [0.25, 0.3) is 0 Å². The minimum atomic E-state index is -4.17. The molecule has 2 unspecified atom stereocenters. The molecule has 0 aliphatic heterocycles. The van der Waals surface area contributed by atoms with Gasteiger partial charge in [-0.1, -0.05) is 29.8 Å². The molecule has 2 N–H and O–H groups in total. The molecule has 6 heteroatoms. The Balaban J connectivity index is 2.80. The molecular weight excluding hydrogens is 262 g/mol. The van der Waals surface area contributed by atoms with Crippen LogP contribution in [0, 0.1) is 6.92 Å². The number of hydrogen-bond donors (Lipinski definition) is 1. The van der Waals surface area contributed by atoms with Crippen LogP contribution >= 0.6 is 0 Å². The summed E-state index contributed by atoms with van der Waals surface area (Å²) in [5.41, 5.74) is 7.17. The lowest BCUT2D eigenvalue weighted by Gasteiger charge is -2.25. The van der Waals surface area contributed by atoms with Gasteiger partial charge in [0.15, 0.2) is 0 Å². The van der Waals surface area contributed by atoms with Crippen molar-refractivity contribution in [3.8, 4) is 0 Å². The van der Waals surface area contributed by atoms with E-state index in [1.54, 1.807) is 25.1 Å². The predicted molar refractivity (Wildman–Crippen MR) is 64.5 cm³/mol. The van der Waals surface area contributed by atoms with Crippen LogP contribution in [-0.4, -0.2) is 25.0 Å². The second-order valence-corrected chi connectivity index (χ2v) is 4.57. The molecule has 1 aromatic carbocycles. The van der Waals surface area contributed by atoms with E-state index in [-0.39, 0.29) is 0 Å². The van der Waals surface area contributed by atoms with Crippen LogP contribution in [0.5, 0.6) is 0 Å². The monoisotopic (exact) mass is 279 g/mol. The van der Waals surface area contributed by atoms with Gasteiger partial charge in [0.05, 0.1) is 6.10 Å². The van der Waals surface area contributed by atoms with E-state index in [0.29, 0.717) is 5.56 Å². The fourth-order valence-electron chi connectivity index (χ4n) is 1.66. The van der Waals surface area contributed by atoms with E-state index < -0.39 is 31.1 Å². The second kappa shape index (κ2) is 6.34. The molecule has 1 rings (SSSR count). The van der Waals surface area contributed by atoms with Gasteiger partial charge in [-0.3, -0.25) is 0 Å². The van der Waals surface area contributed by atoms with E-state index in [4.69, 9.17) is 10.5 Å². The topological polar surface area (TPSA) is 35.2 Å². The number of rotatable bonds is 6. The molecule has 0 saturated heterocycles. The largest absolute Gasteiger partial charge is 0.365 e. The molecule has 19 heavy (non-hydrogen) atoms. The molecule has 0 fully saturated rings. The van der Waals surface area contributed by atoms with Crippen LogP contribution in [0.1, 0.15) is 24.2 Å². The van der Waals surface area contributed by atoms with Crippen molar-refractivity contribution in [2.75, 3.05) is 6.61 Å². The summed E-state index contributed by atoms with van der Waals surface area (Å²) in [5, 5.41) is 0. The fourth-order valence-corrected chi connectivity index (χ4v) is 1.66. The lowest BCUT2D eigenvalue weighted by atomic mass is 10.0. The Labute approximate surface area is 109 Å². The number of nitrogens with two attached hydrogens (primary N) is 1. The predicted octanol–water partition coefficient (Wildman–Crippen LogP) is 3.30. The summed E-state index contributed by atoms with van der Waals surface area (Å²) in [5.74, 6) is -4.17. The Hall–Kier alpha value is -1.14. The zero-order valence-corrected chi connectivity index (χ0v) is 10.7. The van der Waals surface area contributed by atoms with Crippen LogP contribution in [0.2, 0.25) is 0 Å². The van der Waals surface area contributed by atoms with Gasteiger partial charge in [-0.25, -0.2) is 8.78 Å². The molecule has 0 bridgehead atoms. The number of ether oxygens (including phenoxy) is 1. The summed E-state index contributed by atoms with van der Waals surface area (Å²) in [6.45, 7) is 2.05. The van der Waals surface area contributed by atoms with Crippen molar-refractivity contribution in [1.29, 1.82) is 0 Å². The van der Waals surface area contributed by atoms with Gasteiger partial charge in [0.1, 0.15) is 6.61 Å². The van der Waals surface area contributed by atoms with Gasteiger partial charge >= 0.3 is 12.3 Å². The van der Waals surface area contributed by atoms with Gasteiger partial charge < -0.3 is 10.5 Å². The molecule has 0 radical (unpaired) electrons. The Morgan fingerprint density at radius 1 is 1.32 bits per heavy atom. The average molecular weight is 279 g/mol. The van der Waals surface area contributed by atoms with Crippen molar-refractivity contribution in [2.24, 2.45) is 5.73 Å². The Morgan fingerprint density at radius 3 is 2.42 bits per heavy atom. The van der Waals surface area contributed by atoms with Crippen molar-refractivity contribution < 1.29 is 22.3 Å². The summed E-state index contributed by atoms with van der Waals surface area (Å²) in [6, 6.07) is 6.37. The molecule has 0 aromatic heterocycles. The van der Waals surface area contributed by atoms with Crippen molar-refractivity contribution in [1.82, 2.24) is 0 Å². The molecule has 0 aliphatic rings. The number of halogens is 4. The highest BCUT2D eigenvalue weighted by molar-refractivity contribution is 5.25. The highest BCUT2D eigenvalue weighted by atomic mass is 19.3. The van der Waals surface area contributed by atoms with Gasteiger partial charge in [-0.05, 0) is 19.4 Å². The van der Waals surface area contributed by atoms with E-state index in [0.717, 1.165) is 5.56 Å². The first-order valence-electron chi connectivity index (χ1n) is 5.84. The van der Waals surface area contributed by atoms with E-state index in [9.17, 15) is 17.6 Å². The SMILES string of the molecule is Cc1cccc(C(OCC(F)(F)C(F)F)C(C)N)c1. The van der Waals surface area contributed by atoms with Crippen LogP contribution in [0.3, 0.4) is 0 Å². The van der Waals surface area contributed by atoms with Gasteiger partial charge in [0.2, 0.25) is 0 Å². The Kier molecular flexibility index (Phi) is 5.31. The fraction of sp³-hybridized carbons (Fsp3) is 0.538. The number of benzene rings is 1. The highest BCUT2D eigenvalue weighted by Gasteiger charge is 2.42. The summed E-state index contributed by atoms with van der Waals surface area (Å²) in [7, 11) is 0. The van der Waals surface area contributed by atoms with Crippen LogP contribution in [0.4, 0.5) is 17.6 Å². The third-order valence-corrected chi connectivity index (χ3v) is 2.62. The maximum absolute atomic E-state index is 12.8. The molecule has 0 saturated carbocycles. The Bertz CT molecular complexity index is 409. The third kappa shape index (κ3) is 4.47. The van der Waals surface area contributed by atoms with Crippen LogP contribution in [0.15, 0.2) is 24.3 Å². The summed E-state index contributed by atoms with van der Waals surface area (Å²) >= 11 is 0. The average Bonchev–Trinajstić information content (AvgIpc) is 2.28. The molecule has 0 amide bonds. The van der Waals surface area contributed by atoms with Gasteiger partial charge in [-0.2, -0.15) is 8.78 Å². The highest BCUT2D eigenvalue weighted by Crippen LogP contribution is 2.28. The molecule has 0 spiro atoms. The molecule has 1 aromatic rings. The van der Waals surface area contributed by atoms with Crippen molar-refractivity contribution in [3.05, 3.63) is 35.4 Å². The second-order valence-electron chi connectivity index (χ2n) is 4.57. The first-order chi connectivity index (χ1) is 8.74. The van der Waals surface area contributed by atoms with Crippen molar-refractivity contribution in [3.63, 3.8) is 0 Å².